The molecular formula is C48H49N13O2. The Morgan fingerprint density at radius 1 is 0.635 bits per heavy atom. The number of benzene rings is 2. The molecule has 10 rings (SSSR count). The van der Waals surface area contributed by atoms with Crippen molar-refractivity contribution in [1.82, 2.24) is 53.4 Å². The van der Waals surface area contributed by atoms with E-state index in [1.54, 1.807) is 37.1 Å². The normalized spacial score (nSPS) is 13.5. The first kappa shape index (κ1) is 40.8. The van der Waals surface area contributed by atoms with Crippen molar-refractivity contribution in [3.8, 4) is 34.4 Å². The minimum absolute atomic E-state index is 0.203. The maximum atomic E-state index is 13.0. The molecule has 0 bridgehead atoms. The standard InChI is InChI=1S/C25H26N6O.C23H23N7O/c1-16(2)31-12-11-26-24(31)20-5-4-6-23(28-20)29-25(32)19-8-7-17(3)22(13-19)30-14-21(27-15-30)18-9-10-18;1-15(2)30-14-25-28-22(30)19-7-4-8-21(26-19)27-23(31)17-5-3-6-18(11-17)29-12-20(24-13-29)16-9-10-16/h4-8,11-16,18H,9-10H2,1-3H3,(H,28,29,32);3-8,11-16H,9-10H2,1-2H3,(H,26,27,31). The molecule has 6 heterocycles. The highest BCUT2D eigenvalue weighted by molar-refractivity contribution is 6.05. The van der Waals surface area contributed by atoms with Crippen LogP contribution in [0.15, 0.2) is 123 Å². The molecule has 15 heteroatoms. The number of aromatic nitrogens is 11. The molecule has 0 aliphatic heterocycles. The van der Waals surface area contributed by atoms with E-state index >= 15 is 0 Å². The lowest BCUT2D eigenvalue weighted by Crippen LogP contribution is -2.14. The zero-order chi connectivity index (χ0) is 43.6. The van der Waals surface area contributed by atoms with Gasteiger partial charge in [0.25, 0.3) is 11.8 Å². The molecule has 2 amide bonds. The van der Waals surface area contributed by atoms with Gasteiger partial charge in [-0.1, -0.05) is 24.3 Å². The van der Waals surface area contributed by atoms with Gasteiger partial charge in [-0.25, -0.2) is 24.9 Å². The van der Waals surface area contributed by atoms with E-state index in [9.17, 15) is 9.59 Å². The topological polar surface area (TPSA) is 168 Å². The van der Waals surface area contributed by atoms with Crippen molar-refractivity contribution >= 4 is 23.5 Å². The maximum Gasteiger partial charge on any atom is 0.256 e. The van der Waals surface area contributed by atoms with Gasteiger partial charge >= 0.3 is 0 Å². The second-order valence-electron chi connectivity index (χ2n) is 16.6. The molecule has 2 aliphatic carbocycles. The van der Waals surface area contributed by atoms with Gasteiger partial charge in [0, 0.05) is 65.5 Å². The Balaban J connectivity index is 0.000000160. The molecule has 0 radical (unpaired) electrons. The third-order valence-electron chi connectivity index (χ3n) is 11.1. The number of amides is 2. The van der Waals surface area contributed by atoms with Gasteiger partial charge in [0.05, 0.1) is 29.7 Å². The lowest BCUT2D eigenvalue weighted by atomic mass is 10.1. The van der Waals surface area contributed by atoms with Crippen LogP contribution >= 0.6 is 0 Å². The molecule has 15 nitrogen and oxygen atoms in total. The minimum Gasteiger partial charge on any atom is -0.327 e. The Bertz CT molecular complexity index is 2910. The summed E-state index contributed by atoms with van der Waals surface area (Å²) in [7, 11) is 0. The van der Waals surface area contributed by atoms with Crippen molar-refractivity contribution < 1.29 is 9.59 Å². The fourth-order valence-corrected chi connectivity index (χ4v) is 7.33. The van der Waals surface area contributed by atoms with Crippen LogP contribution in [0.25, 0.3) is 34.4 Å². The van der Waals surface area contributed by atoms with Crippen LogP contribution in [0.1, 0.15) is 115 Å². The number of carbonyl (C=O) groups is 2. The van der Waals surface area contributed by atoms with Gasteiger partial charge < -0.3 is 28.9 Å². The Morgan fingerprint density at radius 3 is 1.86 bits per heavy atom. The van der Waals surface area contributed by atoms with E-state index in [0.29, 0.717) is 46.1 Å². The van der Waals surface area contributed by atoms with Gasteiger partial charge in [0.15, 0.2) is 11.6 Å². The van der Waals surface area contributed by atoms with Crippen molar-refractivity contribution in [3.05, 3.63) is 151 Å². The summed E-state index contributed by atoms with van der Waals surface area (Å²) in [4.78, 5) is 48.5. The molecule has 318 valence electrons. The summed E-state index contributed by atoms with van der Waals surface area (Å²) in [6, 6.07) is 24.7. The van der Waals surface area contributed by atoms with Gasteiger partial charge in [0.1, 0.15) is 29.4 Å². The highest BCUT2D eigenvalue weighted by Gasteiger charge is 2.27. The fourth-order valence-electron chi connectivity index (χ4n) is 7.33. The van der Waals surface area contributed by atoms with Crippen molar-refractivity contribution in [2.24, 2.45) is 0 Å². The molecule has 2 aromatic carbocycles. The second-order valence-corrected chi connectivity index (χ2v) is 16.6. The average Bonchev–Trinajstić information content (AvgIpc) is 4.01. The molecular weight excluding hydrogens is 791 g/mol. The predicted molar refractivity (Wildman–Crippen MR) is 241 cm³/mol. The van der Waals surface area contributed by atoms with E-state index in [1.807, 2.05) is 100 Å². The van der Waals surface area contributed by atoms with Crippen LogP contribution in [-0.2, 0) is 0 Å². The number of anilines is 2. The number of rotatable bonds is 12. The highest BCUT2D eigenvalue weighted by Crippen LogP contribution is 2.40. The first-order chi connectivity index (χ1) is 30.6. The molecule has 0 saturated heterocycles. The Morgan fingerprint density at radius 2 is 1.22 bits per heavy atom. The summed E-state index contributed by atoms with van der Waals surface area (Å²) in [5, 5.41) is 14.0. The van der Waals surface area contributed by atoms with Gasteiger partial charge in [-0.2, -0.15) is 0 Å². The average molecular weight is 840 g/mol. The molecule has 0 unspecified atom stereocenters. The number of imidazole rings is 3. The first-order valence-electron chi connectivity index (χ1n) is 21.4. The Labute approximate surface area is 365 Å². The largest absolute Gasteiger partial charge is 0.327 e. The summed E-state index contributed by atoms with van der Waals surface area (Å²) in [5.41, 5.74) is 7.68. The van der Waals surface area contributed by atoms with Gasteiger partial charge in [-0.3, -0.25) is 9.59 Å². The van der Waals surface area contributed by atoms with Crippen molar-refractivity contribution in [2.45, 2.75) is 84.2 Å². The van der Waals surface area contributed by atoms with Crippen molar-refractivity contribution in [3.63, 3.8) is 0 Å². The molecule has 6 aromatic heterocycles. The third-order valence-corrected chi connectivity index (χ3v) is 11.1. The van der Waals surface area contributed by atoms with Crippen molar-refractivity contribution in [1.29, 1.82) is 0 Å². The number of pyridine rings is 2. The zero-order valence-corrected chi connectivity index (χ0v) is 35.9. The van der Waals surface area contributed by atoms with Gasteiger partial charge in [-0.15, -0.1) is 10.2 Å². The predicted octanol–water partition coefficient (Wildman–Crippen LogP) is 9.39. The van der Waals surface area contributed by atoms with Crippen LogP contribution in [0.3, 0.4) is 0 Å². The summed E-state index contributed by atoms with van der Waals surface area (Å²) in [5.74, 6) is 3.15. The zero-order valence-electron chi connectivity index (χ0n) is 35.9. The number of carbonyl (C=O) groups excluding carboxylic acids is 2. The molecule has 63 heavy (non-hydrogen) atoms. The third kappa shape index (κ3) is 9.22. The van der Waals surface area contributed by atoms with Crippen LogP contribution in [0.5, 0.6) is 0 Å². The maximum absolute atomic E-state index is 13.0. The fraction of sp³-hybridized carbons (Fsp3) is 0.271. The minimum atomic E-state index is -0.223. The van der Waals surface area contributed by atoms with Crippen molar-refractivity contribution in [2.75, 3.05) is 10.6 Å². The van der Waals surface area contributed by atoms with E-state index in [4.69, 9.17) is 0 Å². The SMILES string of the molecule is CC(C)n1cnnc1-c1cccc(NC(=O)c2cccc(-n3cnc(C4CC4)c3)c2)n1.Cc1ccc(C(=O)Nc2cccc(-c3nccn3C(C)C)n2)cc1-n1cnc(C2CC2)c1. The molecule has 2 fully saturated rings. The number of aryl methyl sites for hydroxylation is 1. The Kier molecular flexibility index (Phi) is 11.3. The molecule has 2 N–H and O–H groups in total. The lowest BCUT2D eigenvalue weighted by molar-refractivity contribution is 0.101. The van der Waals surface area contributed by atoms with E-state index in [1.165, 1.54) is 25.7 Å². The van der Waals surface area contributed by atoms with E-state index in [2.05, 4.69) is 84.2 Å². The smallest absolute Gasteiger partial charge is 0.256 e. The van der Waals surface area contributed by atoms with Gasteiger partial charge in [0.2, 0.25) is 0 Å². The Hall–Kier alpha value is -7.55. The summed E-state index contributed by atoms with van der Waals surface area (Å²) < 4.78 is 7.96. The van der Waals surface area contributed by atoms with Crippen LogP contribution in [0, 0.1) is 6.92 Å². The first-order valence-corrected chi connectivity index (χ1v) is 21.4. The quantitative estimate of drug-likeness (QED) is 0.122. The van der Waals surface area contributed by atoms with Crippen LogP contribution in [0.2, 0.25) is 0 Å². The number of nitrogens with zero attached hydrogens (tertiary/aromatic N) is 11. The van der Waals surface area contributed by atoms with E-state index in [-0.39, 0.29) is 23.9 Å². The number of hydrogen-bond acceptors (Lipinski definition) is 9. The van der Waals surface area contributed by atoms with Crippen LogP contribution in [-0.4, -0.2) is 65.2 Å². The lowest BCUT2D eigenvalue weighted by Gasteiger charge is -2.12. The summed E-state index contributed by atoms with van der Waals surface area (Å²) >= 11 is 0. The molecule has 2 saturated carbocycles. The van der Waals surface area contributed by atoms with Crippen LogP contribution < -0.4 is 10.6 Å². The second kappa shape index (κ2) is 17.4. The number of nitrogens with one attached hydrogen (secondary N) is 2. The van der Waals surface area contributed by atoms with E-state index in [0.717, 1.165) is 39.8 Å². The molecule has 0 spiro atoms. The number of hydrogen-bond donors (Lipinski definition) is 2. The summed E-state index contributed by atoms with van der Waals surface area (Å²) in [6.07, 6.45) is 18.0. The van der Waals surface area contributed by atoms with E-state index < -0.39 is 0 Å². The highest BCUT2D eigenvalue weighted by atomic mass is 16.2. The summed E-state index contributed by atoms with van der Waals surface area (Å²) in [6.45, 7) is 10.3. The van der Waals surface area contributed by atoms with Crippen LogP contribution in [0.4, 0.5) is 11.6 Å². The van der Waals surface area contributed by atoms with Gasteiger partial charge in [-0.05, 0) is 120 Å². The monoisotopic (exact) mass is 839 g/mol. The molecule has 0 atom stereocenters. The molecule has 8 aromatic rings. The molecule has 2 aliphatic rings.